The number of ketones is 1. The maximum absolute atomic E-state index is 13.6. The number of hydrogen-bond donors (Lipinski definition) is 1. The van der Waals surface area contributed by atoms with Crippen LogP contribution in [0.2, 0.25) is 0 Å². The van der Waals surface area contributed by atoms with Crippen LogP contribution in [0.1, 0.15) is 48.9 Å². The van der Waals surface area contributed by atoms with Crippen LogP contribution in [0, 0.1) is 0 Å². The van der Waals surface area contributed by atoms with E-state index in [1.165, 1.54) is 35.1 Å². The number of halogens is 1. The van der Waals surface area contributed by atoms with Gasteiger partial charge in [-0.15, -0.1) is 10.2 Å². The van der Waals surface area contributed by atoms with Crippen molar-refractivity contribution in [2.75, 3.05) is 18.6 Å². The number of carbonyl (C=O) groups excluding carboxylic acids is 2. The first-order valence-corrected chi connectivity index (χ1v) is 16.4. The van der Waals surface area contributed by atoms with Crippen molar-refractivity contribution in [2.24, 2.45) is 0 Å². The number of rotatable bonds is 12. The molecule has 1 aliphatic rings. The smallest absolute Gasteiger partial charge is 0.301 e. The Bertz CT molecular complexity index is 1630. The van der Waals surface area contributed by atoms with Crippen LogP contribution in [-0.2, 0) is 15.3 Å². The number of nitrogens with zero attached hydrogens (tertiary/aromatic N) is 3. The van der Waals surface area contributed by atoms with Crippen LogP contribution in [0.25, 0.3) is 5.76 Å². The lowest BCUT2D eigenvalue weighted by atomic mass is 9.95. The molecule has 11 heteroatoms. The molecule has 4 aromatic rings. The number of benzene rings is 3. The van der Waals surface area contributed by atoms with Crippen LogP contribution in [0.5, 0.6) is 11.5 Å². The summed E-state index contributed by atoms with van der Waals surface area (Å²) >= 11 is 6.12. The molecule has 1 aromatic heterocycles. The molecule has 2 heterocycles. The van der Waals surface area contributed by atoms with E-state index in [0.29, 0.717) is 39.3 Å². The SMILES string of the molecule is CCCCCOc1ccc(C2/C(=C(/O)c3ccc(Br)cc3)C(=O)C(=O)N2c2nnc(SCc3ccccc3)s2)cc1OC. The molecule has 0 radical (unpaired) electrons. The summed E-state index contributed by atoms with van der Waals surface area (Å²) in [5.74, 6) is -0.183. The lowest BCUT2D eigenvalue weighted by Crippen LogP contribution is -2.29. The lowest BCUT2D eigenvalue weighted by molar-refractivity contribution is -0.132. The Kier molecular flexibility index (Phi) is 10.2. The summed E-state index contributed by atoms with van der Waals surface area (Å²) in [6, 6.07) is 21.2. The van der Waals surface area contributed by atoms with Crippen LogP contribution in [0.4, 0.5) is 5.13 Å². The van der Waals surface area contributed by atoms with E-state index < -0.39 is 17.7 Å². The van der Waals surface area contributed by atoms with Crippen LogP contribution < -0.4 is 14.4 Å². The predicted molar refractivity (Wildman–Crippen MR) is 173 cm³/mol. The standard InChI is InChI=1S/C32H30BrN3O5S2/c1-3-4-8-17-41-24-16-13-22(18-25(24)40-2)27-26(28(37)21-11-14-23(33)15-12-21)29(38)30(39)36(27)31-34-35-32(43-31)42-19-20-9-6-5-7-10-20/h5-7,9-16,18,27,37H,3-4,8,17,19H2,1-2H3/b28-26-. The second kappa shape index (κ2) is 14.2. The van der Waals surface area contributed by atoms with Gasteiger partial charge in [-0.3, -0.25) is 14.5 Å². The lowest BCUT2D eigenvalue weighted by Gasteiger charge is -2.23. The Morgan fingerprint density at radius 1 is 1.02 bits per heavy atom. The maximum Gasteiger partial charge on any atom is 0.301 e. The van der Waals surface area contributed by atoms with Gasteiger partial charge in [0.25, 0.3) is 5.78 Å². The average Bonchev–Trinajstić information content (AvgIpc) is 3.60. The monoisotopic (exact) mass is 679 g/mol. The minimum atomic E-state index is -0.966. The molecule has 0 bridgehead atoms. The zero-order valence-electron chi connectivity index (χ0n) is 23.7. The summed E-state index contributed by atoms with van der Waals surface area (Å²) < 4.78 is 13.1. The molecule has 0 aliphatic carbocycles. The molecular weight excluding hydrogens is 650 g/mol. The second-order valence-electron chi connectivity index (χ2n) is 9.77. The van der Waals surface area contributed by atoms with E-state index in [1.54, 1.807) is 42.5 Å². The topological polar surface area (TPSA) is 102 Å². The minimum Gasteiger partial charge on any atom is -0.507 e. The molecule has 0 saturated carbocycles. The maximum atomic E-state index is 13.6. The highest BCUT2D eigenvalue weighted by atomic mass is 79.9. The first-order valence-electron chi connectivity index (χ1n) is 13.8. The van der Waals surface area contributed by atoms with Crippen molar-refractivity contribution < 1.29 is 24.2 Å². The van der Waals surface area contributed by atoms with Gasteiger partial charge in [-0.2, -0.15) is 0 Å². The second-order valence-corrected chi connectivity index (χ2v) is 12.9. The Hall–Kier alpha value is -3.67. The number of methoxy groups -OCH3 is 1. The van der Waals surface area contributed by atoms with Gasteiger partial charge in [0.05, 0.1) is 25.3 Å². The molecule has 43 heavy (non-hydrogen) atoms. The van der Waals surface area contributed by atoms with Crippen molar-refractivity contribution in [3.63, 3.8) is 0 Å². The summed E-state index contributed by atoms with van der Waals surface area (Å²) in [7, 11) is 1.54. The molecular formula is C32H30BrN3O5S2. The molecule has 1 N–H and O–H groups in total. The van der Waals surface area contributed by atoms with E-state index in [9.17, 15) is 14.7 Å². The van der Waals surface area contributed by atoms with Gasteiger partial charge in [0.1, 0.15) is 5.76 Å². The number of Topliss-reactive ketones (excluding diaryl/α,β-unsaturated/α-hetero) is 1. The molecule has 5 rings (SSSR count). The first-order chi connectivity index (χ1) is 20.9. The fraction of sp³-hybridized carbons (Fsp3) is 0.250. The third-order valence-corrected chi connectivity index (χ3v) is 9.53. The van der Waals surface area contributed by atoms with Gasteiger partial charge in [-0.1, -0.05) is 107 Å². The van der Waals surface area contributed by atoms with Crippen molar-refractivity contribution in [1.82, 2.24) is 10.2 Å². The number of aromatic nitrogens is 2. The van der Waals surface area contributed by atoms with Gasteiger partial charge in [0.15, 0.2) is 15.8 Å². The van der Waals surface area contributed by atoms with Crippen molar-refractivity contribution >= 4 is 61.6 Å². The van der Waals surface area contributed by atoms with E-state index in [4.69, 9.17) is 9.47 Å². The number of aliphatic hydroxyl groups is 1. The molecule has 1 aliphatic heterocycles. The zero-order chi connectivity index (χ0) is 30.3. The van der Waals surface area contributed by atoms with Crippen LogP contribution >= 0.6 is 39.0 Å². The molecule has 222 valence electrons. The molecule has 1 amide bonds. The van der Waals surface area contributed by atoms with Gasteiger partial charge >= 0.3 is 5.91 Å². The van der Waals surface area contributed by atoms with Crippen molar-refractivity contribution in [1.29, 1.82) is 0 Å². The number of thioether (sulfide) groups is 1. The fourth-order valence-electron chi connectivity index (χ4n) is 4.69. The number of anilines is 1. The van der Waals surface area contributed by atoms with Gasteiger partial charge in [0, 0.05) is 15.8 Å². The third kappa shape index (κ3) is 6.95. The molecule has 8 nitrogen and oxygen atoms in total. The third-order valence-electron chi connectivity index (χ3n) is 6.88. The summed E-state index contributed by atoms with van der Waals surface area (Å²) in [6.45, 7) is 2.67. The molecule has 3 aromatic carbocycles. The highest BCUT2D eigenvalue weighted by molar-refractivity contribution is 9.10. The fourth-order valence-corrected chi connectivity index (χ4v) is 6.78. The largest absolute Gasteiger partial charge is 0.507 e. The van der Waals surface area contributed by atoms with Crippen molar-refractivity contribution in [2.45, 2.75) is 42.3 Å². The summed E-state index contributed by atoms with van der Waals surface area (Å²) in [4.78, 5) is 28.5. The molecule has 1 atom stereocenters. The van der Waals surface area contributed by atoms with Gasteiger partial charge in [-0.25, -0.2) is 0 Å². The summed E-state index contributed by atoms with van der Waals surface area (Å²) in [5.41, 5.74) is 2.05. The Balaban J connectivity index is 1.54. The zero-order valence-corrected chi connectivity index (χ0v) is 26.9. The van der Waals surface area contributed by atoms with Gasteiger partial charge < -0.3 is 14.6 Å². The van der Waals surface area contributed by atoms with E-state index in [-0.39, 0.29) is 16.5 Å². The van der Waals surface area contributed by atoms with E-state index in [2.05, 4.69) is 33.1 Å². The Labute approximate surface area is 266 Å². The van der Waals surface area contributed by atoms with E-state index in [0.717, 1.165) is 29.3 Å². The minimum absolute atomic E-state index is 0.0420. The summed E-state index contributed by atoms with van der Waals surface area (Å²) in [6.07, 6.45) is 3.04. The van der Waals surface area contributed by atoms with Gasteiger partial charge in [0.2, 0.25) is 5.13 Å². The normalized spacial score (nSPS) is 16.1. The van der Waals surface area contributed by atoms with E-state index in [1.807, 2.05) is 30.3 Å². The summed E-state index contributed by atoms with van der Waals surface area (Å²) in [5, 5.41) is 20.3. The molecule has 1 saturated heterocycles. The first kappa shape index (κ1) is 30.8. The predicted octanol–water partition coefficient (Wildman–Crippen LogP) is 7.80. The molecule has 1 fully saturated rings. The number of unbranched alkanes of at least 4 members (excludes halogenated alkanes) is 2. The van der Waals surface area contributed by atoms with Crippen LogP contribution in [-0.4, -0.2) is 40.7 Å². The number of amides is 1. The van der Waals surface area contributed by atoms with Gasteiger partial charge in [-0.05, 0) is 41.8 Å². The van der Waals surface area contributed by atoms with Crippen molar-refractivity contribution in [3.8, 4) is 11.5 Å². The quantitative estimate of drug-likeness (QED) is 0.0404. The molecule has 0 spiro atoms. The van der Waals surface area contributed by atoms with Crippen LogP contribution in [0.15, 0.2) is 87.2 Å². The number of aliphatic hydroxyl groups excluding tert-OH is 1. The highest BCUT2D eigenvalue weighted by Gasteiger charge is 2.48. The van der Waals surface area contributed by atoms with E-state index >= 15 is 0 Å². The number of ether oxygens (including phenoxy) is 2. The Morgan fingerprint density at radius 2 is 1.79 bits per heavy atom. The van der Waals surface area contributed by atoms with Crippen molar-refractivity contribution in [3.05, 3.63) is 99.5 Å². The molecule has 1 unspecified atom stereocenters. The number of hydrogen-bond acceptors (Lipinski definition) is 9. The number of carbonyl (C=O) groups is 2. The van der Waals surface area contributed by atoms with Crippen LogP contribution in [0.3, 0.4) is 0 Å². The highest BCUT2D eigenvalue weighted by Crippen LogP contribution is 2.45. The average molecular weight is 681 g/mol. The Morgan fingerprint density at radius 3 is 2.51 bits per heavy atom.